The van der Waals surface area contributed by atoms with Gasteiger partial charge in [0, 0.05) is 26.6 Å². The second-order valence-corrected chi connectivity index (χ2v) is 6.79. The molecule has 108 valence electrons. The fraction of sp³-hybridized carbons (Fsp3) is 0.600. The van der Waals surface area contributed by atoms with Crippen molar-refractivity contribution in [3.05, 3.63) is 22.4 Å². The molecule has 0 N–H and O–H groups in total. The minimum absolute atomic E-state index is 0.116. The van der Waals surface area contributed by atoms with E-state index in [0.29, 0.717) is 13.0 Å². The Balaban J connectivity index is 1.79. The van der Waals surface area contributed by atoms with E-state index in [2.05, 4.69) is 0 Å². The van der Waals surface area contributed by atoms with E-state index in [1.807, 2.05) is 34.4 Å². The third-order valence-corrected chi connectivity index (χ3v) is 5.55. The van der Waals surface area contributed by atoms with Crippen LogP contribution in [0.2, 0.25) is 0 Å². The zero-order chi connectivity index (χ0) is 14.2. The molecule has 0 aliphatic carbocycles. The molecule has 1 spiro atoms. The molecule has 0 radical (unpaired) electrons. The molecule has 3 heterocycles. The van der Waals surface area contributed by atoms with Gasteiger partial charge in [-0.05, 0) is 37.1 Å². The molecule has 2 fully saturated rings. The molecule has 0 bridgehead atoms. The van der Waals surface area contributed by atoms with Crippen LogP contribution in [0.25, 0.3) is 0 Å². The normalized spacial score (nSPS) is 27.1. The third-order valence-electron chi connectivity index (χ3n) is 4.69. The van der Waals surface area contributed by atoms with E-state index < -0.39 is 0 Å². The summed E-state index contributed by atoms with van der Waals surface area (Å²) in [5.41, 5.74) is -0.125. The highest BCUT2D eigenvalue weighted by atomic mass is 32.1. The summed E-state index contributed by atoms with van der Waals surface area (Å²) in [6.07, 6.45) is 4.61. The molecule has 2 amide bonds. The van der Waals surface area contributed by atoms with Crippen LogP contribution in [-0.2, 0) is 4.79 Å². The minimum Gasteiger partial charge on any atom is -0.338 e. The number of hydrogen-bond acceptors (Lipinski definition) is 3. The maximum Gasteiger partial charge on any atom is 0.263 e. The average molecular weight is 292 g/mol. The molecule has 0 aromatic carbocycles. The lowest BCUT2D eigenvalue weighted by Gasteiger charge is -2.50. The molecule has 2 aliphatic rings. The van der Waals surface area contributed by atoms with Gasteiger partial charge in [-0.2, -0.15) is 0 Å². The molecular formula is C15H20N2O2S. The first-order valence-electron chi connectivity index (χ1n) is 7.22. The summed E-state index contributed by atoms with van der Waals surface area (Å²) in [5.74, 6) is 0.340. The standard InChI is InChI=1S/C15H20N2O2S/c1-16-13(18)6-2-7-15(16)8-4-9-17(11-15)14(19)12-5-3-10-20-12/h3,5,10H,2,4,6-9,11H2,1H3/t15-/m0/s1. The highest BCUT2D eigenvalue weighted by molar-refractivity contribution is 7.12. The van der Waals surface area contributed by atoms with Crippen LogP contribution in [0.4, 0.5) is 0 Å². The molecule has 5 heteroatoms. The molecule has 3 rings (SSSR count). The molecule has 0 saturated carbocycles. The smallest absolute Gasteiger partial charge is 0.263 e. The zero-order valence-electron chi connectivity index (χ0n) is 11.8. The van der Waals surface area contributed by atoms with Crippen LogP contribution in [-0.4, -0.2) is 47.3 Å². The molecule has 0 unspecified atom stereocenters. The van der Waals surface area contributed by atoms with Crippen molar-refractivity contribution >= 4 is 23.2 Å². The van der Waals surface area contributed by atoms with Crippen LogP contribution in [0, 0.1) is 0 Å². The Morgan fingerprint density at radius 3 is 2.90 bits per heavy atom. The van der Waals surface area contributed by atoms with Crippen LogP contribution in [0.5, 0.6) is 0 Å². The number of likely N-dealkylation sites (tertiary alicyclic amines) is 2. The Hall–Kier alpha value is -1.36. The van der Waals surface area contributed by atoms with Crippen LogP contribution >= 0.6 is 11.3 Å². The van der Waals surface area contributed by atoms with Gasteiger partial charge in [0.2, 0.25) is 5.91 Å². The van der Waals surface area contributed by atoms with Gasteiger partial charge in [-0.1, -0.05) is 6.07 Å². The highest BCUT2D eigenvalue weighted by Gasteiger charge is 2.44. The summed E-state index contributed by atoms with van der Waals surface area (Å²) in [6.45, 7) is 1.49. The minimum atomic E-state index is -0.125. The van der Waals surface area contributed by atoms with Gasteiger partial charge < -0.3 is 9.80 Å². The lowest BCUT2D eigenvalue weighted by molar-refractivity contribution is -0.142. The lowest BCUT2D eigenvalue weighted by atomic mass is 9.80. The van der Waals surface area contributed by atoms with Crippen molar-refractivity contribution in [2.45, 2.75) is 37.6 Å². The molecular weight excluding hydrogens is 272 g/mol. The predicted octanol–water partition coefficient (Wildman–Crippen LogP) is 2.37. The van der Waals surface area contributed by atoms with Crippen LogP contribution in [0.1, 0.15) is 41.8 Å². The van der Waals surface area contributed by atoms with Crippen molar-refractivity contribution in [2.75, 3.05) is 20.1 Å². The van der Waals surface area contributed by atoms with Gasteiger partial charge >= 0.3 is 0 Å². The van der Waals surface area contributed by atoms with E-state index in [1.54, 1.807) is 0 Å². The Labute approximate surface area is 123 Å². The van der Waals surface area contributed by atoms with Crippen LogP contribution in [0.3, 0.4) is 0 Å². The van der Waals surface area contributed by atoms with Gasteiger partial charge in [-0.3, -0.25) is 9.59 Å². The van der Waals surface area contributed by atoms with Gasteiger partial charge in [-0.15, -0.1) is 11.3 Å². The first-order valence-corrected chi connectivity index (χ1v) is 8.10. The summed E-state index contributed by atoms with van der Waals surface area (Å²) in [4.78, 5) is 29.1. The average Bonchev–Trinajstić information content (AvgIpc) is 2.98. The van der Waals surface area contributed by atoms with Gasteiger partial charge in [0.05, 0.1) is 10.4 Å². The Bertz CT molecular complexity index is 510. The number of likely N-dealkylation sites (N-methyl/N-ethyl adjacent to an activating group) is 1. The molecule has 2 saturated heterocycles. The van der Waals surface area contributed by atoms with E-state index in [9.17, 15) is 9.59 Å². The second kappa shape index (κ2) is 5.20. The number of nitrogens with zero attached hydrogens (tertiary/aromatic N) is 2. The van der Waals surface area contributed by atoms with Crippen molar-refractivity contribution in [2.24, 2.45) is 0 Å². The number of thiophene rings is 1. The lowest BCUT2D eigenvalue weighted by Crippen LogP contribution is -2.61. The van der Waals surface area contributed by atoms with E-state index >= 15 is 0 Å². The molecule has 1 aromatic rings. The highest BCUT2D eigenvalue weighted by Crippen LogP contribution is 2.36. The van der Waals surface area contributed by atoms with Crippen LogP contribution < -0.4 is 0 Å². The van der Waals surface area contributed by atoms with E-state index in [1.165, 1.54) is 11.3 Å². The monoisotopic (exact) mass is 292 g/mol. The van der Waals surface area contributed by atoms with Crippen molar-refractivity contribution < 1.29 is 9.59 Å². The Morgan fingerprint density at radius 2 is 2.15 bits per heavy atom. The predicted molar refractivity (Wildman–Crippen MR) is 78.8 cm³/mol. The number of carbonyl (C=O) groups is 2. The fourth-order valence-corrected chi connectivity index (χ4v) is 4.18. The molecule has 1 atom stereocenters. The summed E-state index contributed by atoms with van der Waals surface area (Å²) in [6, 6.07) is 3.79. The van der Waals surface area contributed by atoms with Gasteiger partial charge in [0.25, 0.3) is 5.91 Å². The third kappa shape index (κ3) is 2.24. The molecule has 2 aliphatic heterocycles. The molecule has 20 heavy (non-hydrogen) atoms. The molecule has 4 nitrogen and oxygen atoms in total. The van der Waals surface area contributed by atoms with Crippen molar-refractivity contribution in [3.8, 4) is 0 Å². The van der Waals surface area contributed by atoms with Crippen molar-refractivity contribution in [1.82, 2.24) is 9.80 Å². The van der Waals surface area contributed by atoms with Crippen molar-refractivity contribution in [3.63, 3.8) is 0 Å². The van der Waals surface area contributed by atoms with E-state index in [4.69, 9.17) is 0 Å². The Morgan fingerprint density at radius 1 is 1.35 bits per heavy atom. The van der Waals surface area contributed by atoms with E-state index in [0.717, 1.165) is 37.1 Å². The Kier molecular flexibility index (Phi) is 3.54. The topological polar surface area (TPSA) is 40.6 Å². The number of piperidine rings is 2. The zero-order valence-corrected chi connectivity index (χ0v) is 12.6. The number of amides is 2. The largest absolute Gasteiger partial charge is 0.338 e. The first-order chi connectivity index (χ1) is 9.62. The molecule has 1 aromatic heterocycles. The number of carbonyl (C=O) groups excluding carboxylic acids is 2. The van der Waals surface area contributed by atoms with E-state index in [-0.39, 0.29) is 17.4 Å². The summed E-state index contributed by atoms with van der Waals surface area (Å²) in [5, 5.41) is 1.93. The summed E-state index contributed by atoms with van der Waals surface area (Å²) >= 11 is 1.49. The van der Waals surface area contributed by atoms with Crippen LogP contribution in [0.15, 0.2) is 17.5 Å². The van der Waals surface area contributed by atoms with Gasteiger partial charge in [-0.25, -0.2) is 0 Å². The second-order valence-electron chi connectivity index (χ2n) is 5.84. The maximum atomic E-state index is 12.5. The number of rotatable bonds is 1. The van der Waals surface area contributed by atoms with Gasteiger partial charge in [0.1, 0.15) is 0 Å². The first kappa shape index (κ1) is 13.6. The number of hydrogen-bond donors (Lipinski definition) is 0. The van der Waals surface area contributed by atoms with Gasteiger partial charge in [0.15, 0.2) is 0 Å². The summed E-state index contributed by atoms with van der Waals surface area (Å²) in [7, 11) is 1.90. The summed E-state index contributed by atoms with van der Waals surface area (Å²) < 4.78 is 0. The maximum absolute atomic E-state index is 12.5. The van der Waals surface area contributed by atoms with Crippen molar-refractivity contribution in [1.29, 1.82) is 0 Å². The SMILES string of the molecule is CN1C(=O)CCC[C@@]12CCCN(C(=O)c1cccs1)C2. The quantitative estimate of drug-likeness (QED) is 0.797. The fourth-order valence-electron chi connectivity index (χ4n) is 3.49.